The maximum atomic E-state index is 13.2. The summed E-state index contributed by atoms with van der Waals surface area (Å²) in [5.74, 6) is -0.509. The maximum absolute atomic E-state index is 13.2. The first-order valence-corrected chi connectivity index (χ1v) is 11.0. The number of nitrogens with one attached hydrogen (secondary N) is 1. The van der Waals surface area contributed by atoms with Gasteiger partial charge in [-0.2, -0.15) is 5.10 Å². The fourth-order valence-electron chi connectivity index (χ4n) is 3.63. The predicted octanol–water partition coefficient (Wildman–Crippen LogP) is 4.59. The number of thioether (sulfide) groups is 1. The van der Waals surface area contributed by atoms with Crippen molar-refractivity contribution in [2.24, 2.45) is 0 Å². The lowest BCUT2D eigenvalue weighted by Gasteiger charge is -2.24. The zero-order chi connectivity index (χ0) is 22.0. The lowest BCUT2D eigenvalue weighted by atomic mass is 10.1. The molecule has 31 heavy (non-hydrogen) atoms. The summed E-state index contributed by atoms with van der Waals surface area (Å²) in [6.07, 6.45) is 6.34. The maximum Gasteiger partial charge on any atom is 0.270 e. The van der Waals surface area contributed by atoms with Gasteiger partial charge in [-0.25, -0.2) is 4.68 Å². The summed E-state index contributed by atoms with van der Waals surface area (Å²) in [7, 11) is 0. The molecule has 1 atom stereocenters. The third-order valence-electron chi connectivity index (χ3n) is 5.17. The molecule has 0 radical (unpaired) electrons. The van der Waals surface area contributed by atoms with Crippen LogP contribution in [0.25, 0.3) is 10.9 Å². The molecule has 0 bridgehead atoms. The summed E-state index contributed by atoms with van der Waals surface area (Å²) in [6, 6.07) is 10.9. The fourth-order valence-corrected chi connectivity index (χ4v) is 4.00. The Hall–Kier alpha value is -3.24. The van der Waals surface area contributed by atoms with E-state index in [0.29, 0.717) is 12.3 Å². The first-order valence-electron chi connectivity index (χ1n) is 9.80. The van der Waals surface area contributed by atoms with Gasteiger partial charge in [-0.1, -0.05) is 17.8 Å². The molecule has 2 aromatic carbocycles. The molecule has 0 aliphatic carbocycles. The third kappa shape index (κ3) is 4.17. The van der Waals surface area contributed by atoms with E-state index >= 15 is 0 Å². The summed E-state index contributed by atoms with van der Waals surface area (Å²) < 4.78 is 7.69. The van der Waals surface area contributed by atoms with Crippen LogP contribution < -0.4 is 4.90 Å². The van der Waals surface area contributed by atoms with Gasteiger partial charge in [0.05, 0.1) is 22.3 Å². The number of hydrogen-bond donors (Lipinski definition) is 1. The van der Waals surface area contributed by atoms with Crippen molar-refractivity contribution in [1.29, 1.82) is 5.41 Å². The summed E-state index contributed by atoms with van der Waals surface area (Å²) in [5, 5.41) is 24.7. The second kappa shape index (κ2) is 8.86. The van der Waals surface area contributed by atoms with Crippen LogP contribution >= 0.6 is 11.8 Å². The first-order chi connectivity index (χ1) is 15.0. The summed E-state index contributed by atoms with van der Waals surface area (Å²) in [4.78, 5) is 25.0. The molecule has 1 aliphatic rings. The highest BCUT2D eigenvalue weighted by molar-refractivity contribution is 8.13. The van der Waals surface area contributed by atoms with Crippen LogP contribution in [0.1, 0.15) is 35.8 Å². The van der Waals surface area contributed by atoms with Gasteiger partial charge >= 0.3 is 0 Å². The Labute approximate surface area is 182 Å². The van der Waals surface area contributed by atoms with Gasteiger partial charge in [0, 0.05) is 29.7 Å². The Bertz CT molecular complexity index is 1160. The van der Waals surface area contributed by atoms with Crippen molar-refractivity contribution >= 4 is 45.1 Å². The Morgan fingerprint density at radius 2 is 2.16 bits per heavy atom. The van der Waals surface area contributed by atoms with Crippen molar-refractivity contribution in [3.63, 3.8) is 0 Å². The quantitative estimate of drug-likeness (QED) is 0.275. The molecular weight excluding hydrogens is 418 g/mol. The molecule has 1 N–H and O–H groups in total. The molecule has 0 spiro atoms. The van der Waals surface area contributed by atoms with Crippen molar-refractivity contribution in [2.75, 3.05) is 17.8 Å². The topological polar surface area (TPSA) is 114 Å². The third-order valence-corrected chi connectivity index (χ3v) is 5.74. The van der Waals surface area contributed by atoms with Gasteiger partial charge < -0.3 is 4.74 Å². The lowest BCUT2D eigenvalue weighted by Crippen LogP contribution is -2.34. The Kier molecular flexibility index (Phi) is 6.01. The number of ether oxygens (including phenoxy) is 1. The number of nitrogens with zero attached hydrogens (tertiary/aromatic N) is 4. The molecule has 1 aliphatic heterocycles. The molecule has 0 saturated carbocycles. The number of carbonyl (C=O) groups is 1. The summed E-state index contributed by atoms with van der Waals surface area (Å²) in [6.45, 7) is 0.709. The fraction of sp³-hybridized carbons (Fsp3) is 0.286. The van der Waals surface area contributed by atoms with Gasteiger partial charge in [0.1, 0.15) is 0 Å². The minimum Gasteiger partial charge on any atom is -0.356 e. The molecular formula is C21H21N5O4S. The van der Waals surface area contributed by atoms with Crippen LogP contribution in [0.4, 0.5) is 11.4 Å². The molecule has 1 aromatic heterocycles. The zero-order valence-corrected chi connectivity index (χ0v) is 17.7. The highest BCUT2D eigenvalue weighted by Gasteiger charge is 2.25. The second-order valence-corrected chi connectivity index (χ2v) is 7.91. The molecule has 9 nitrogen and oxygen atoms in total. The van der Waals surface area contributed by atoms with Crippen LogP contribution in [0, 0.1) is 15.5 Å². The first kappa shape index (κ1) is 21.0. The Balaban J connectivity index is 1.71. The van der Waals surface area contributed by atoms with E-state index in [1.807, 2.05) is 10.7 Å². The highest BCUT2D eigenvalue weighted by Crippen LogP contribution is 2.30. The van der Waals surface area contributed by atoms with Crippen molar-refractivity contribution in [1.82, 2.24) is 9.78 Å². The van der Waals surface area contributed by atoms with Gasteiger partial charge in [0.25, 0.3) is 11.6 Å². The average molecular weight is 439 g/mol. The van der Waals surface area contributed by atoms with Crippen molar-refractivity contribution in [2.45, 2.75) is 25.5 Å². The summed E-state index contributed by atoms with van der Waals surface area (Å²) >= 11 is 1.11. The SMILES string of the molecule is CSC(=N)N(C(=O)c1cccc([N+](=O)[O-])c1)c1ccc2c(cnn2C2CCCCO2)c1. The molecule has 1 fully saturated rings. The number of amides is 1. The van der Waals surface area contributed by atoms with Crippen molar-refractivity contribution < 1.29 is 14.5 Å². The summed E-state index contributed by atoms with van der Waals surface area (Å²) in [5.41, 5.74) is 1.34. The minimum absolute atomic E-state index is 0.0128. The average Bonchev–Trinajstić information content (AvgIpc) is 3.23. The number of anilines is 1. The van der Waals surface area contributed by atoms with Gasteiger partial charge in [-0.05, 0) is 49.8 Å². The number of non-ortho nitro benzene ring substituents is 1. The molecule has 1 saturated heterocycles. The van der Waals surface area contributed by atoms with E-state index in [1.165, 1.54) is 29.2 Å². The van der Waals surface area contributed by atoms with E-state index in [4.69, 9.17) is 10.1 Å². The number of fused-ring (bicyclic) bond motifs is 1. The number of nitro groups is 1. The van der Waals surface area contributed by atoms with Gasteiger partial charge in [-0.3, -0.25) is 25.2 Å². The van der Waals surface area contributed by atoms with E-state index in [-0.39, 0.29) is 22.6 Å². The van der Waals surface area contributed by atoms with E-state index in [1.54, 1.807) is 24.6 Å². The number of nitro benzene ring substituents is 1. The normalized spacial score (nSPS) is 16.2. The smallest absolute Gasteiger partial charge is 0.270 e. The van der Waals surface area contributed by atoms with Crippen LogP contribution in [-0.4, -0.2) is 38.6 Å². The van der Waals surface area contributed by atoms with E-state index in [2.05, 4.69) is 5.10 Å². The number of aromatic nitrogens is 2. The van der Waals surface area contributed by atoms with Crippen LogP contribution in [0.2, 0.25) is 0 Å². The van der Waals surface area contributed by atoms with Crippen LogP contribution in [-0.2, 0) is 4.74 Å². The van der Waals surface area contributed by atoms with E-state index in [0.717, 1.165) is 41.9 Å². The zero-order valence-electron chi connectivity index (χ0n) is 16.9. The van der Waals surface area contributed by atoms with E-state index < -0.39 is 10.8 Å². The van der Waals surface area contributed by atoms with Crippen LogP contribution in [0.15, 0.2) is 48.7 Å². The standard InChI is InChI=1S/C21H21N5O4S/c1-31-21(22)24(20(27)14-5-4-6-17(11-14)26(28)29)16-8-9-18-15(12-16)13-23-25(18)19-7-2-3-10-30-19/h4-6,8-9,11-13,19,22H,2-3,7,10H2,1H3. The minimum atomic E-state index is -0.547. The number of amidine groups is 1. The highest BCUT2D eigenvalue weighted by atomic mass is 32.2. The molecule has 4 rings (SSSR count). The van der Waals surface area contributed by atoms with Crippen LogP contribution in [0.3, 0.4) is 0 Å². The molecule has 10 heteroatoms. The Morgan fingerprint density at radius 3 is 2.87 bits per heavy atom. The molecule has 1 unspecified atom stereocenters. The van der Waals surface area contributed by atoms with E-state index in [9.17, 15) is 14.9 Å². The predicted molar refractivity (Wildman–Crippen MR) is 120 cm³/mol. The van der Waals surface area contributed by atoms with Crippen molar-refractivity contribution in [3.8, 4) is 0 Å². The molecule has 160 valence electrons. The number of rotatable bonds is 4. The number of carbonyl (C=O) groups excluding carboxylic acids is 1. The Morgan fingerprint density at radius 1 is 1.32 bits per heavy atom. The van der Waals surface area contributed by atoms with Gasteiger partial charge in [0.15, 0.2) is 11.4 Å². The largest absolute Gasteiger partial charge is 0.356 e. The second-order valence-electron chi connectivity index (χ2n) is 7.11. The van der Waals surface area contributed by atoms with Gasteiger partial charge in [-0.15, -0.1) is 0 Å². The molecule has 2 heterocycles. The number of hydrogen-bond acceptors (Lipinski definition) is 7. The monoisotopic (exact) mass is 439 g/mol. The van der Waals surface area contributed by atoms with Crippen LogP contribution in [0.5, 0.6) is 0 Å². The lowest BCUT2D eigenvalue weighted by molar-refractivity contribution is -0.384. The molecule has 1 amide bonds. The number of benzene rings is 2. The molecule has 3 aromatic rings. The van der Waals surface area contributed by atoms with Gasteiger partial charge in [0.2, 0.25) is 0 Å². The van der Waals surface area contributed by atoms with Crippen molar-refractivity contribution in [3.05, 3.63) is 64.3 Å².